The number of aryl methyl sites for hydroxylation is 3. The molecule has 0 unspecified atom stereocenters. The fourth-order valence-corrected chi connectivity index (χ4v) is 4.73. The van der Waals surface area contributed by atoms with Crippen molar-refractivity contribution in [3.8, 4) is 0 Å². The van der Waals surface area contributed by atoms with Crippen LogP contribution in [0.1, 0.15) is 23.1 Å². The van der Waals surface area contributed by atoms with Crippen LogP contribution in [-0.2, 0) is 23.5 Å². The van der Waals surface area contributed by atoms with E-state index in [1.807, 2.05) is 39.4 Å². The summed E-state index contributed by atoms with van der Waals surface area (Å²) < 4.78 is 29.0. The largest absolute Gasteiger partial charge is 0.276 e. The van der Waals surface area contributed by atoms with Gasteiger partial charge in [0.15, 0.2) is 0 Å². The van der Waals surface area contributed by atoms with Crippen LogP contribution in [0.25, 0.3) is 0 Å². The van der Waals surface area contributed by atoms with E-state index in [0.717, 1.165) is 24.0 Å². The van der Waals surface area contributed by atoms with Crippen molar-refractivity contribution >= 4 is 10.0 Å². The zero-order valence-corrected chi connectivity index (χ0v) is 14.7. The van der Waals surface area contributed by atoms with Crippen LogP contribution >= 0.6 is 0 Å². The van der Waals surface area contributed by atoms with Crippen molar-refractivity contribution in [2.24, 2.45) is 13.0 Å². The van der Waals surface area contributed by atoms with Gasteiger partial charge in [0.2, 0.25) is 10.0 Å². The smallest absolute Gasteiger partial charge is 0.243 e. The number of benzene rings is 1. The molecule has 1 saturated heterocycles. The van der Waals surface area contributed by atoms with E-state index < -0.39 is 10.0 Å². The third-order valence-corrected chi connectivity index (χ3v) is 6.51. The molecule has 2 aromatic rings. The average molecular weight is 333 g/mol. The molecule has 1 aliphatic rings. The van der Waals surface area contributed by atoms with Gasteiger partial charge in [-0.25, -0.2) is 8.42 Å². The van der Waals surface area contributed by atoms with Crippen LogP contribution in [0.5, 0.6) is 0 Å². The minimum absolute atomic E-state index is 0.362. The topological polar surface area (TPSA) is 55.2 Å². The van der Waals surface area contributed by atoms with Crippen molar-refractivity contribution in [3.05, 3.63) is 47.3 Å². The minimum atomic E-state index is -3.39. The van der Waals surface area contributed by atoms with Crippen molar-refractivity contribution in [1.82, 2.24) is 14.1 Å². The van der Waals surface area contributed by atoms with Gasteiger partial charge in [-0.05, 0) is 61.4 Å². The molecule has 3 rings (SSSR count). The Balaban J connectivity index is 1.73. The maximum atomic E-state index is 12.8. The van der Waals surface area contributed by atoms with Gasteiger partial charge in [-0.1, -0.05) is 6.07 Å². The first-order valence-corrected chi connectivity index (χ1v) is 9.35. The highest BCUT2D eigenvalue weighted by atomic mass is 32.2. The summed E-state index contributed by atoms with van der Waals surface area (Å²) in [6, 6.07) is 5.37. The van der Waals surface area contributed by atoms with Gasteiger partial charge in [-0.3, -0.25) is 4.68 Å². The van der Waals surface area contributed by atoms with Crippen LogP contribution < -0.4 is 0 Å². The molecule has 23 heavy (non-hydrogen) atoms. The Bertz CT molecular complexity index is 811. The van der Waals surface area contributed by atoms with E-state index in [2.05, 4.69) is 5.10 Å². The Morgan fingerprint density at radius 3 is 2.70 bits per heavy atom. The van der Waals surface area contributed by atoms with E-state index in [4.69, 9.17) is 0 Å². The number of aromatic nitrogens is 2. The van der Waals surface area contributed by atoms with Crippen molar-refractivity contribution in [3.63, 3.8) is 0 Å². The predicted molar refractivity (Wildman–Crippen MR) is 89.7 cm³/mol. The third-order valence-electron chi connectivity index (χ3n) is 4.65. The molecule has 1 aliphatic heterocycles. The van der Waals surface area contributed by atoms with Gasteiger partial charge in [0, 0.05) is 26.3 Å². The summed E-state index contributed by atoms with van der Waals surface area (Å²) in [5, 5.41) is 4.18. The normalized spacial score (nSPS) is 19.3. The first-order valence-electron chi connectivity index (χ1n) is 7.91. The van der Waals surface area contributed by atoms with Gasteiger partial charge in [-0.2, -0.15) is 9.40 Å². The number of rotatable bonds is 4. The van der Waals surface area contributed by atoms with E-state index in [9.17, 15) is 8.42 Å². The summed E-state index contributed by atoms with van der Waals surface area (Å²) in [6.45, 7) is 5.12. The Hall–Kier alpha value is -1.66. The van der Waals surface area contributed by atoms with Gasteiger partial charge >= 0.3 is 0 Å². The van der Waals surface area contributed by atoms with Crippen LogP contribution in [0.4, 0.5) is 0 Å². The maximum absolute atomic E-state index is 12.8. The molecular weight excluding hydrogens is 310 g/mol. The second-order valence-corrected chi connectivity index (χ2v) is 8.43. The average Bonchev–Trinajstić information content (AvgIpc) is 3.12. The van der Waals surface area contributed by atoms with E-state index in [-0.39, 0.29) is 0 Å². The van der Waals surface area contributed by atoms with Crippen molar-refractivity contribution in [1.29, 1.82) is 0 Å². The Morgan fingerprint density at radius 1 is 1.26 bits per heavy atom. The summed E-state index contributed by atoms with van der Waals surface area (Å²) in [4.78, 5) is 0.405. The fraction of sp³-hybridized carbons (Fsp3) is 0.471. The second-order valence-electron chi connectivity index (χ2n) is 6.49. The van der Waals surface area contributed by atoms with Crippen LogP contribution in [-0.4, -0.2) is 35.6 Å². The first-order chi connectivity index (χ1) is 10.9. The van der Waals surface area contributed by atoms with Gasteiger partial charge in [-0.15, -0.1) is 0 Å². The highest BCUT2D eigenvalue weighted by Crippen LogP contribution is 2.27. The van der Waals surface area contributed by atoms with Crippen molar-refractivity contribution in [2.45, 2.75) is 31.6 Å². The Labute approximate surface area is 138 Å². The van der Waals surface area contributed by atoms with Gasteiger partial charge < -0.3 is 0 Å². The number of sulfonamides is 1. The molecule has 2 heterocycles. The fourth-order valence-electron chi connectivity index (χ4n) is 3.12. The zero-order valence-electron chi connectivity index (χ0n) is 13.9. The van der Waals surface area contributed by atoms with E-state index in [1.165, 1.54) is 5.56 Å². The molecule has 1 fully saturated rings. The SMILES string of the molecule is Cc1ccc(S(=O)(=O)N2CC[C@H](Cc3cnn(C)c3)C2)cc1C. The molecule has 0 aliphatic carbocycles. The van der Waals surface area contributed by atoms with E-state index in [1.54, 1.807) is 21.1 Å². The molecule has 1 atom stereocenters. The molecule has 1 aromatic heterocycles. The molecule has 0 amide bonds. The lowest BCUT2D eigenvalue weighted by Gasteiger charge is -2.17. The highest BCUT2D eigenvalue weighted by Gasteiger charge is 2.32. The van der Waals surface area contributed by atoms with Crippen molar-refractivity contribution < 1.29 is 8.42 Å². The maximum Gasteiger partial charge on any atom is 0.243 e. The summed E-state index contributed by atoms with van der Waals surface area (Å²) in [5.74, 6) is 0.362. The quantitative estimate of drug-likeness (QED) is 0.862. The number of nitrogens with zero attached hydrogens (tertiary/aromatic N) is 3. The lowest BCUT2D eigenvalue weighted by molar-refractivity contribution is 0.456. The summed E-state index contributed by atoms with van der Waals surface area (Å²) in [5.41, 5.74) is 3.29. The lowest BCUT2D eigenvalue weighted by atomic mass is 10.0. The molecule has 0 bridgehead atoms. The van der Waals surface area contributed by atoms with Crippen molar-refractivity contribution in [2.75, 3.05) is 13.1 Å². The minimum Gasteiger partial charge on any atom is -0.276 e. The molecule has 0 radical (unpaired) electrons. The van der Waals surface area contributed by atoms with Crippen LogP contribution in [0.3, 0.4) is 0 Å². The summed E-state index contributed by atoms with van der Waals surface area (Å²) in [7, 11) is -1.49. The highest BCUT2D eigenvalue weighted by molar-refractivity contribution is 7.89. The molecule has 0 N–H and O–H groups in total. The Morgan fingerprint density at radius 2 is 2.04 bits per heavy atom. The molecule has 6 heteroatoms. The third kappa shape index (κ3) is 3.33. The van der Waals surface area contributed by atoms with Gasteiger partial charge in [0.05, 0.1) is 11.1 Å². The predicted octanol–water partition coefficient (Wildman–Crippen LogP) is 2.29. The number of hydrogen-bond donors (Lipinski definition) is 0. The molecule has 1 aromatic carbocycles. The first kappa shape index (κ1) is 16.2. The molecule has 124 valence electrons. The summed E-state index contributed by atoms with van der Waals surface area (Å²) >= 11 is 0. The Kier molecular flexibility index (Phi) is 4.29. The monoisotopic (exact) mass is 333 g/mol. The molecule has 5 nitrogen and oxygen atoms in total. The standard InChI is InChI=1S/C17H23N3O2S/c1-13-4-5-17(8-14(13)2)23(21,22)20-7-6-15(12-20)9-16-10-18-19(3)11-16/h4-5,8,10-11,15H,6-7,9,12H2,1-3H3/t15-/m1/s1. The number of hydrogen-bond acceptors (Lipinski definition) is 3. The summed E-state index contributed by atoms with van der Waals surface area (Å²) in [6.07, 6.45) is 5.65. The van der Waals surface area contributed by atoms with Crippen LogP contribution in [0.15, 0.2) is 35.5 Å². The second kappa shape index (κ2) is 6.09. The lowest BCUT2D eigenvalue weighted by Crippen LogP contribution is -2.29. The van der Waals surface area contributed by atoms with Crippen LogP contribution in [0.2, 0.25) is 0 Å². The molecule has 0 spiro atoms. The molecular formula is C17H23N3O2S. The van der Waals surface area contributed by atoms with E-state index >= 15 is 0 Å². The van der Waals surface area contributed by atoms with E-state index in [0.29, 0.717) is 23.9 Å². The van der Waals surface area contributed by atoms with Crippen LogP contribution in [0, 0.1) is 19.8 Å². The molecule has 0 saturated carbocycles. The van der Waals surface area contributed by atoms with Gasteiger partial charge in [0.1, 0.15) is 0 Å². The zero-order chi connectivity index (χ0) is 16.6. The van der Waals surface area contributed by atoms with Gasteiger partial charge in [0.25, 0.3) is 0 Å².